The molecule has 168 valence electrons. The molecule has 3 atom stereocenters. The Morgan fingerprint density at radius 2 is 2.00 bits per heavy atom. The number of hydrogen-bond acceptors (Lipinski definition) is 5. The molecule has 3 N–H and O–H groups in total. The molecule has 3 heterocycles. The van der Waals surface area contributed by atoms with Crippen molar-refractivity contribution in [2.24, 2.45) is 11.1 Å². The van der Waals surface area contributed by atoms with Crippen molar-refractivity contribution in [2.45, 2.75) is 44.2 Å². The van der Waals surface area contributed by atoms with E-state index in [9.17, 15) is 16.8 Å². The smallest absolute Gasteiger partial charge is 0.274 e. The first kappa shape index (κ1) is 22.4. The van der Waals surface area contributed by atoms with Crippen LogP contribution in [0.2, 0.25) is 5.02 Å². The number of hydrogen-bond donors (Lipinski definition) is 2. The molecule has 0 unspecified atom stereocenters. The molecule has 11 heteroatoms. The number of fused-ring (bicyclic) bond motifs is 4. The van der Waals surface area contributed by atoms with E-state index in [1.165, 1.54) is 11.1 Å². The topological polar surface area (TPSA) is 113 Å². The number of sulfonamides is 1. The van der Waals surface area contributed by atoms with E-state index in [0.29, 0.717) is 17.5 Å². The average Bonchev–Trinajstić information content (AvgIpc) is 2.68. The van der Waals surface area contributed by atoms with Gasteiger partial charge in [-0.3, -0.25) is 4.90 Å². The molecule has 1 aromatic carbocycles. The van der Waals surface area contributed by atoms with E-state index in [-0.39, 0.29) is 30.8 Å². The van der Waals surface area contributed by atoms with Crippen LogP contribution < -0.4 is 9.86 Å². The van der Waals surface area contributed by atoms with Crippen molar-refractivity contribution in [1.29, 1.82) is 0 Å². The zero-order valence-electron chi connectivity index (χ0n) is 16.8. The highest BCUT2D eigenvalue weighted by Crippen LogP contribution is 2.44. The van der Waals surface area contributed by atoms with E-state index < -0.39 is 20.2 Å². The zero-order valence-corrected chi connectivity index (χ0v) is 19.2. The Kier molecular flexibility index (Phi) is 6.47. The van der Waals surface area contributed by atoms with Gasteiger partial charge in [0.05, 0.1) is 5.75 Å². The van der Waals surface area contributed by atoms with Gasteiger partial charge in [-0.1, -0.05) is 17.7 Å². The Morgan fingerprint density at radius 3 is 2.77 bits per heavy atom. The van der Waals surface area contributed by atoms with Gasteiger partial charge in [-0.15, -0.1) is 0 Å². The fourth-order valence-electron chi connectivity index (χ4n) is 5.30. The number of benzene rings is 1. The molecule has 0 spiro atoms. The lowest BCUT2D eigenvalue weighted by molar-refractivity contribution is 0.0220. The molecule has 0 amide bonds. The van der Waals surface area contributed by atoms with E-state index in [1.54, 1.807) is 4.31 Å². The van der Waals surface area contributed by atoms with E-state index in [1.807, 2.05) is 12.1 Å². The Labute approximate surface area is 184 Å². The number of rotatable bonds is 6. The summed E-state index contributed by atoms with van der Waals surface area (Å²) in [5.41, 5.74) is 2.53. The zero-order chi connectivity index (χ0) is 21.5. The first-order valence-electron chi connectivity index (χ1n) is 10.4. The molecular weight excluding hydrogens is 448 g/mol. The van der Waals surface area contributed by atoms with Crippen molar-refractivity contribution in [1.82, 2.24) is 13.9 Å². The minimum atomic E-state index is -3.81. The second kappa shape index (κ2) is 8.65. The van der Waals surface area contributed by atoms with Crippen molar-refractivity contribution < 1.29 is 16.8 Å². The van der Waals surface area contributed by atoms with Crippen molar-refractivity contribution in [2.75, 3.05) is 31.9 Å². The van der Waals surface area contributed by atoms with Gasteiger partial charge in [0, 0.05) is 43.3 Å². The lowest BCUT2D eigenvalue weighted by Gasteiger charge is -2.51. The van der Waals surface area contributed by atoms with Crippen LogP contribution in [0, 0.1) is 5.92 Å². The van der Waals surface area contributed by atoms with Gasteiger partial charge in [-0.25, -0.2) is 18.3 Å². The predicted molar refractivity (Wildman–Crippen MR) is 117 cm³/mol. The number of nitrogens with two attached hydrogens (primary N) is 1. The summed E-state index contributed by atoms with van der Waals surface area (Å²) < 4.78 is 52.1. The minimum Gasteiger partial charge on any atom is -0.296 e. The summed E-state index contributed by atoms with van der Waals surface area (Å²) in [5, 5.41) is 5.63. The molecule has 30 heavy (non-hydrogen) atoms. The van der Waals surface area contributed by atoms with Gasteiger partial charge in [0.25, 0.3) is 10.2 Å². The summed E-state index contributed by atoms with van der Waals surface area (Å²) in [6, 6.07) is 6.22. The third kappa shape index (κ3) is 4.85. The quantitative estimate of drug-likeness (QED) is 0.600. The maximum Gasteiger partial charge on any atom is 0.274 e. The number of nitrogens with zero attached hydrogens (tertiary/aromatic N) is 2. The van der Waals surface area contributed by atoms with Crippen LogP contribution in [0.3, 0.4) is 0 Å². The van der Waals surface area contributed by atoms with Crippen LogP contribution in [-0.4, -0.2) is 64.0 Å². The molecule has 0 radical (unpaired) electrons. The van der Waals surface area contributed by atoms with Gasteiger partial charge in [0.1, 0.15) is 0 Å². The number of nitrogens with one attached hydrogen (secondary N) is 1. The van der Waals surface area contributed by atoms with E-state index >= 15 is 0 Å². The predicted octanol–water partition coefficient (Wildman–Crippen LogP) is 1.24. The van der Waals surface area contributed by atoms with Crippen molar-refractivity contribution in [3.8, 4) is 0 Å². The second-order valence-corrected chi connectivity index (χ2v) is 12.4. The maximum atomic E-state index is 13.1. The average molecular weight is 477 g/mol. The highest BCUT2D eigenvalue weighted by Gasteiger charge is 2.45. The standard InChI is InChI=1S/C19H29ClN4O4S2/c20-16-5-4-14-6-9-23-13-15-3-1-8-24(18(15)12-19(23)17(14)11-16)29(25,26)10-2-7-22-30(21,27)28/h4-5,11,15,18-19,22H,1-3,6-10,12-13H2,(H2,21,27,28)/t15-,18+,19-/m0/s1. The summed E-state index contributed by atoms with van der Waals surface area (Å²) in [6.45, 7) is 2.44. The van der Waals surface area contributed by atoms with E-state index in [2.05, 4.69) is 15.7 Å². The fourth-order valence-corrected chi connectivity index (χ4v) is 7.73. The second-order valence-electron chi connectivity index (χ2n) is 8.53. The normalized spacial score (nSPS) is 27.9. The molecule has 0 saturated carbocycles. The van der Waals surface area contributed by atoms with Crippen molar-refractivity contribution in [3.05, 3.63) is 34.3 Å². The Bertz CT molecular complexity index is 1000. The molecule has 0 aromatic heterocycles. The van der Waals surface area contributed by atoms with Crippen LogP contribution >= 0.6 is 11.6 Å². The summed E-state index contributed by atoms with van der Waals surface area (Å²) in [6.07, 6.45) is 3.86. The molecule has 1 aromatic rings. The molecule has 0 bridgehead atoms. The SMILES string of the molecule is NS(=O)(=O)NCCCS(=O)(=O)N1CCC[C@H]2CN3CCc4ccc(Cl)cc4[C@@H]3C[C@H]21. The van der Waals surface area contributed by atoms with Gasteiger partial charge in [0.2, 0.25) is 10.0 Å². The first-order valence-corrected chi connectivity index (χ1v) is 14.0. The third-order valence-electron chi connectivity index (χ3n) is 6.62. The molecule has 2 saturated heterocycles. The summed E-state index contributed by atoms with van der Waals surface area (Å²) in [4.78, 5) is 2.49. The van der Waals surface area contributed by atoms with Crippen LogP contribution in [-0.2, 0) is 26.7 Å². The third-order valence-corrected chi connectivity index (χ3v) is 9.43. The van der Waals surface area contributed by atoms with Crippen LogP contribution in [0.5, 0.6) is 0 Å². The summed E-state index contributed by atoms with van der Waals surface area (Å²) >= 11 is 6.27. The molecular formula is C19H29ClN4O4S2. The molecule has 8 nitrogen and oxygen atoms in total. The Hall–Kier alpha value is -0.750. The van der Waals surface area contributed by atoms with E-state index in [4.69, 9.17) is 16.7 Å². The molecule has 2 fully saturated rings. The molecule has 0 aliphatic carbocycles. The highest BCUT2D eigenvalue weighted by molar-refractivity contribution is 7.89. The summed E-state index contributed by atoms with van der Waals surface area (Å²) in [7, 11) is -7.29. The van der Waals surface area contributed by atoms with Gasteiger partial charge >= 0.3 is 0 Å². The van der Waals surface area contributed by atoms with Crippen LogP contribution in [0.1, 0.15) is 42.9 Å². The Morgan fingerprint density at radius 1 is 1.20 bits per heavy atom. The molecule has 3 aliphatic rings. The van der Waals surface area contributed by atoms with Crippen molar-refractivity contribution in [3.63, 3.8) is 0 Å². The maximum absolute atomic E-state index is 13.1. The number of piperidine rings is 2. The minimum absolute atomic E-state index is 0.0161. The lowest BCUT2D eigenvalue weighted by Crippen LogP contribution is -2.57. The van der Waals surface area contributed by atoms with Crippen molar-refractivity contribution >= 4 is 31.8 Å². The monoisotopic (exact) mass is 476 g/mol. The molecule has 3 aliphatic heterocycles. The van der Waals surface area contributed by atoms with Crippen LogP contribution in [0.15, 0.2) is 18.2 Å². The van der Waals surface area contributed by atoms with Gasteiger partial charge in [-0.05, 0) is 61.3 Å². The van der Waals surface area contributed by atoms with E-state index in [0.717, 1.165) is 38.8 Å². The van der Waals surface area contributed by atoms with Gasteiger partial charge < -0.3 is 0 Å². The summed E-state index contributed by atoms with van der Waals surface area (Å²) in [5.74, 6) is 0.239. The van der Waals surface area contributed by atoms with Gasteiger partial charge in [0.15, 0.2) is 0 Å². The molecule has 4 rings (SSSR count). The van der Waals surface area contributed by atoms with Gasteiger partial charge in [-0.2, -0.15) is 12.7 Å². The van der Waals surface area contributed by atoms with Crippen LogP contribution in [0.25, 0.3) is 0 Å². The fraction of sp³-hybridized carbons (Fsp3) is 0.684. The largest absolute Gasteiger partial charge is 0.296 e. The lowest BCUT2D eigenvalue weighted by atomic mass is 9.77. The highest BCUT2D eigenvalue weighted by atomic mass is 35.5. The number of halogens is 1. The first-order chi connectivity index (χ1) is 14.1. The van der Waals surface area contributed by atoms with Crippen LogP contribution in [0.4, 0.5) is 0 Å². The Balaban J connectivity index is 1.50.